The van der Waals surface area contributed by atoms with Crippen LogP contribution in [0.25, 0.3) is 0 Å². The van der Waals surface area contributed by atoms with Crippen LogP contribution in [-0.4, -0.2) is 26.9 Å². The molecule has 0 saturated heterocycles. The Balaban J connectivity index is 2.84. The Bertz CT molecular complexity index is 382. The average molecular weight is 290 g/mol. The summed E-state index contributed by atoms with van der Waals surface area (Å²) in [4.78, 5) is 12.9. The second kappa shape index (κ2) is 7.04. The molecule has 0 fully saturated rings. The minimum absolute atomic E-state index is 0.0993. The molecule has 4 nitrogen and oxygen atoms in total. The van der Waals surface area contributed by atoms with E-state index in [1.165, 1.54) is 0 Å². The summed E-state index contributed by atoms with van der Waals surface area (Å²) in [6, 6.07) is 0. The van der Waals surface area contributed by atoms with Gasteiger partial charge < -0.3 is 5.32 Å². The summed E-state index contributed by atoms with van der Waals surface area (Å²) in [6.07, 6.45) is 3.36. The predicted octanol–water partition coefficient (Wildman–Crippen LogP) is 3.02. The Hall–Kier alpha value is -0.680. The lowest BCUT2D eigenvalue weighted by molar-refractivity contribution is 0.0905. The van der Waals surface area contributed by atoms with Gasteiger partial charge in [-0.3, -0.25) is 4.79 Å². The third-order valence-corrected chi connectivity index (χ3v) is 4.52. The molecule has 1 N–H and O–H groups in total. The molecular weight excluding hydrogens is 270 g/mol. The van der Waals surface area contributed by atoms with Gasteiger partial charge in [0.15, 0.2) is 0 Å². The van der Waals surface area contributed by atoms with E-state index in [0.717, 1.165) is 42.9 Å². The minimum atomic E-state index is -0.327. The molecule has 0 radical (unpaired) electrons. The number of aryl methyl sites for hydroxylation is 1. The number of carbonyl (C=O) groups is 1. The van der Waals surface area contributed by atoms with Crippen LogP contribution in [-0.2, 0) is 6.42 Å². The van der Waals surface area contributed by atoms with Gasteiger partial charge in [0.25, 0.3) is 5.91 Å². The molecule has 1 amide bonds. The lowest BCUT2D eigenvalue weighted by Gasteiger charge is -2.30. The van der Waals surface area contributed by atoms with Crippen molar-refractivity contribution >= 4 is 29.0 Å². The van der Waals surface area contributed by atoms with Crippen molar-refractivity contribution in [2.24, 2.45) is 0 Å². The van der Waals surface area contributed by atoms with Crippen LogP contribution in [0.2, 0.25) is 0 Å². The molecule has 1 aromatic heterocycles. The van der Waals surface area contributed by atoms with Crippen LogP contribution in [0.15, 0.2) is 0 Å². The highest BCUT2D eigenvalue weighted by Gasteiger charge is 2.29. The van der Waals surface area contributed by atoms with Crippen molar-refractivity contribution in [2.75, 3.05) is 5.88 Å². The van der Waals surface area contributed by atoms with E-state index < -0.39 is 0 Å². The smallest absolute Gasteiger partial charge is 0.265 e. The first kappa shape index (κ1) is 15.4. The normalized spacial score (nSPS) is 11.6. The molecule has 0 unspecified atom stereocenters. The van der Waals surface area contributed by atoms with Gasteiger partial charge in [-0.2, -0.15) is 0 Å². The molecule has 102 valence electrons. The van der Waals surface area contributed by atoms with Crippen LogP contribution >= 0.6 is 23.1 Å². The van der Waals surface area contributed by atoms with Crippen molar-refractivity contribution in [3.05, 3.63) is 10.6 Å². The van der Waals surface area contributed by atoms with E-state index in [0.29, 0.717) is 10.8 Å². The zero-order valence-corrected chi connectivity index (χ0v) is 12.7. The van der Waals surface area contributed by atoms with Crippen LogP contribution in [0.4, 0.5) is 0 Å². The first-order chi connectivity index (χ1) is 8.62. The molecule has 0 atom stereocenters. The minimum Gasteiger partial charge on any atom is -0.345 e. The summed E-state index contributed by atoms with van der Waals surface area (Å²) in [6.45, 7) is 6.12. The Morgan fingerprint density at radius 2 is 2.06 bits per heavy atom. The molecule has 0 saturated carbocycles. The molecule has 1 heterocycles. The van der Waals surface area contributed by atoms with Gasteiger partial charge in [-0.15, -0.1) is 16.7 Å². The fourth-order valence-corrected chi connectivity index (χ4v) is 2.78. The number of amides is 1. The fourth-order valence-electron chi connectivity index (χ4n) is 1.73. The van der Waals surface area contributed by atoms with Crippen molar-refractivity contribution in [3.63, 3.8) is 0 Å². The van der Waals surface area contributed by atoms with E-state index in [1.807, 2.05) is 13.8 Å². The first-order valence-electron chi connectivity index (χ1n) is 6.32. The number of carbonyl (C=O) groups excluding carboxylic acids is 1. The van der Waals surface area contributed by atoms with Gasteiger partial charge in [0.2, 0.25) is 0 Å². The molecule has 0 aliphatic rings. The van der Waals surface area contributed by atoms with E-state index in [-0.39, 0.29) is 11.4 Å². The maximum Gasteiger partial charge on any atom is 0.265 e. The molecule has 0 aliphatic carbocycles. The van der Waals surface area contributed by atoms with Crippen LogP contribution in [0.3, 0.4) is 0 Å². The third kappa shape index (κ3) is 3.42. The van der Waals surface area contributed by atoms with Gasteiger partial charge in [0, 0.05) is 5.88 Å². The van der Waals surface area contributed by atoms with Gasteiger partial charge in [0.1, 0.15) is 4.88 Å². The Morgan fingerprint density at radius 1 is 1.39 bits per heavy atom. The van der Waals surface area contributed by atoms with Crippen molar-refractivity contribution in [3.8, 4) is 0 Å². The van der Waals surface area contributed by atoms with E-state index in [2.05, 4.69) is 21.8 Å². The van der Waals surface area contributed by atoms with Crippen molar-refractivity contribution in [1.82, 2.24) is 14.9 Å². The third-order valence-electron chi connectivity index (χ3n) is 3.24. The maximum absolute atomic E-state index is 12.3. The number of nitrogens with zero attached hydrogens (tertiary/aromatic N) is 2. The molecule has 0 spiro atoms. The van der Waals surface area contributed by atoms with Crippen molar-refractivity contribution in [2.45, 2.75) is 52.0 Å². The summed E-state index contributed by atoms with van der Waals surface area (Å²) in [5.41, 5.74) is 0.460. The SMILES string of the molecule is CCCc1nnsc1C(=O)NC(CC)(CC)CCl. The van der Waals surface area contributed by atoms with Gasteiger partial charge in [-0.1, -0.05) is 31.7 Å². The average Bonchev–Trinajstić information content (AvgIpc) is 2.85. The second-order valence-electron chi connectivity index (χ2n) is 4.37. The summed E-state index contributed by atoms with van der Waals surface area (Å²) < 4.78 is 3.87. The second-order valence-corrected chi connectivity index (χ2v) is 5.40. The van der Waals surface area contributed by atoms with E-state index in [4.69, 9.17) is 11.6 Å². The highest BCUT2D eigenvalue weighted by molar-refractivity contribution is 7.08. The topological polar surface area (TPSA) is 54.9 Å². The molecule has 18 heavy (non-hydrogen) atoms. The van der Waals surface area contributed by atoms with Gasteiger partial charge in [-0.05, 0) is 30.8 Å². The zero-order chi connectivity index (χ0) is 13.6. The quantitative estimate of drug-likeness (QED) is 0.785. The monoisotopic (exact) mass is 289 g/mol. The maximum atomic E-state index is 12.3. The summed E-state index contributed by atoms with van der Waals surface area (Å²) >= 11 is 7.14. The molecule has 6 heteroatoms. The Kier molecular flexibility index (Phi) is 6.02. The summed E-state index contributed by atoms with van der Waals surface area (Å²) in [7, 11) is 0. The van der Waals surface area contributed by atoms with Crippen molar-refractivity contribution < 1.29 is 4.79 Å². The van der Waals surface area contributed by atoms with Crippen LogP contribution in [0.5, 0.6) is 0 Å². The molecule has 1 aromatic rings. The zero-order valence-electron chi connectivity index (χ0n) is 11.1. The van der Waals surface area contributed by atoms with E-state index >= 15 is 0 Å². The Labute approximate surface area is 117 Å². The number of halogens is 1. The van der Waals surface area contributed by atoms with Gasteiger partial charge in [0.05, 0.1) is 11.2 Å². The van der Waals surface area contributed by atoms with E-state index in [1.54, 1.807) is 0 Å². The molecule has 0 aromatic carbocycles. The van der Waals surface area contributed by atoms with Crippen LogP contribution in [0, 0.1) is 0 Å². The largest absolute Gasteiger partial charge is 0.345 e. The van der Waals surface area contributed by atoms with Crippen LogP contribution in [0.1, 0.15) is 55.4 Å². The highest BCUT2D eigenvalue weighted by atomic mass is 35.5. The van der Waals surface area contributed by atoms with Gasteiger partial charge in [-0.25, -0.2) is 0 Å². The standard InChI is InChI=1S/C12H20ClN3OS/c1-4-7-9-10(18-16-15-9)11(17)14-12(5-2,6-3)8-13/h4-8H2,1-3H3,(H,14,17). The molecule has 1 rings (SSSR count). The highest BCUT2D eigenvalue weighted by Crippen LogP contribution is 2.20. The van der Waals surface area contributed by atoms with Crippen molar-refractivity contribution in [1.29, 1.82) is 0 Å². The lowest BCUT2D eigenvalue weighted by Crippen LogP contribution is -2.49. The first-order valence-corrected chi connectivity index (χ1v) is 7.63. The molecule has 0 bridgehead atoms. The lowest BCUT2D eigenvalue weighted by atomic mass is 9.95. The number of hydrogen-bond acceptors (Lipinski definition) is 4. The number of alkyl halides is 1. The molecular formula is C12H20ClN3OS. The Morgan fingerprint density at radius 3 is 2.56 bits per heavy atom. The number of nitrogens with one attached hydrogen (secondary N) is 1. The number of hydrogen-bond donors (Lipinski definition) is 1. The van der Waals surface area contributed by atoms with E-state index in [9.17, 15) is 4.79 Å². The van der Waals surface area contributed by atoms with Crippen LogP contribution < -0.4 is 5.32 Å². The summed E-state index contributed by atoms with van der Waals surface area (Å²) in [5.74, 6) is 0.318. The predicted molar refractivity (Wildman–Crippen MR) is 75.4 cm³/mol. The number of aromatic nitrogens is 2. The summed E-state index contributed by atoms with van der Waals surface area (Å²) in [5, 5.41) is 7.05. The molecule has 0 aliphatic heterocycles. The number of rotatable bonds is 7. The fraction of sp³-hybridized carbons (Fsp3) is 0.750. The van der Waals surface area contributed by atoms with Gasteiger partial charge >= 0.3 is 0 Å².